The molecular formula is C32H49ClN2O5Si. The maximum atomic E-state index is 13.6. The number of nitrogens with one attached hydrogen (secondary N) is 1. The van der Waals surface area contributed by atoms with Crippen molar-refractivity contribution in [2.24, 2.45) is 0 Å². The lowest BCUT2D eigenvalue weighted by Crippen LogP contribution is -2.49. The number of carbonyl (C=O) groups excluding carboxylic acids is 2. The molecule has 0 aliphatic heterocycles. The highest BCUT2D eigenvalue weighted by atomic mass is 35.5. The van der Waals surface area contributed by atoms with Gasteiger partial charge in [-0.15, -0.1) is 0 Å². The van der Waals surface area contributed by atoms with Crippen LogP contribution in [-0.2, 0) is 25.1 Å². The van der Waals surface area contributed by atoms with Gasteiger partial charge in [0.15, 0.2) is 8.32 Å². The Morgan fingerprint density at radius 3 is 2.24 bits per heavy atom. The fraction of sp³-hybridized carbons (Fsp3) is 0.562. The number of anilines is 1. The molecule has 0 aliphatic carbocycles. The summed E-state index contributed by atoms with van der Waals surface area (Å²) in [4.78, 5) is 27.1. The van der Waals surface area contributed by atoms with E-state index in [1.807, 2.05) is 77.1 Å². The van der Waals surface area contributed by atoms with Gasteiger partial charge < -0.3 is 24.1 Å². The average molecular weight is 605 g/mol. The number of rotatable bonds is 11. The third-order valence-corrected chi connectivity index (χ3v) is 12.2. The molecular weight excluding hydrogens is 556 g/mol. The number of aryl methyl sites for hydroxylation is 1. The van der Waals surface area contributed by atoms with Gasteiger partial charge >= 0.3 is 12.1 Å². The number of hydrogen-bond donors (Lipinski definition) is 1. The van der Waals surface area contributed by atoms with Crippen LogP contribution < -0.4 is 5.32 Å². The van der Waals surface area contributed by atoms with Crippen molar-refractivity contribution in [2.45, 2.75) is 97.7 Å². The molecule has 0 aliphatic rings. The Morgan fingerprint density at radius 2 is 1.71 bits per heavy atom. The quantitative estimate of drug-likeness (QED) is 0.206. The second-order valence-corrected chi connectivity index (χ2v) is 18.4. The highest BCUT2D eigenvalue weighted by Crippen LogP contribution is 2.40. The predicted octanol–water partition coefficient (Wildman–Crippen LogP) is 8.16. The van der Waals surface area contributed by atoms with Gasteiger partial charge in [-0.1, -0.05) is 50.6 Å². The fourth-order valence-electron chi connectivity index (χ4n) is 3.99. The van der Waals surface area contributed by atoms with Crippen LogP contribution in [0.15, 0.2) is 42.5 Å². The van der Waals surface area contributed by atoms with Crippen LogP contribution in [0.2, 0.25) is 23.2 Å². The summed E-state index contributed by atoms with van der Waals surface area (Å²) >= 11 is 6.39. The van der Waals surface area contributed by atoms with E-state index < -0.39 is 20.0 Å². The minimum Gasteiger partial charge on any atom is -0.469 e. The summed E-state index contributed by atoms with van der Waals surface area (Å²) in [5, 5.41) is 4.05. The Morgan fingerprint density at radius 1 is 1.05 bits per heavy atom. The van der Waals surface area contributed by atoms with E-state index in [-0.39, 0.29) is 29.6 Å². The average Bonchev–Trinajstić information content (AvgIpc) is 2.84. The molecule has 228 valence electrons. The van der Waals surface area contributed by atoms with Gasteiger partial charge in [0.25, 0.3) is 0 Å². The van der Waals surface area contributed by atoms with E-state index in [0.29, 0.717) is 18.1 Å². The normalized spacial score (nSPS) is 13.8. The Hall–Kier alpha value is -2.55. The van der Waals surface area contributed by atoms with Crippen LogP contribution in [0.3, 0.4) is 0 Å². The summed E-state index contributed by atoms with van der Waals surface area (Å²) in [5.74, 6) is -0.274. The van der Waals surface area contributed by atoms with Crippen LogP contribution in [0, 0.1) is 6.92 Å². The number of hydrogen-bond acceptors (Lipinski definition) is 6. The summed E-state index contributed by atoms with van der Waals surface area (Å²) in [5.41, 5.74) is 3.07. The number of benzene rings is 2. The molecule has 2 atom stereocenters. The molecule has 9 heteroatoms. The van der Waals surface area contributed by atoms with Crippen LogP contribution >= 0.6 is 11.6 Å². The molecule has 41 heavy (non-hydrogen) atoms. The topological polar surface area (TPSA) is 77.1 Å². The second kappa shape index (κ2) is 14.1. The van der Waals surface area contributed by atoms with Crippen molar-refractivity contribution < 1.29 is 23.5 Å². The zero-order chi connectivity index (χ0) is 31.2. The minimum absolute atomic E-state index is 0.0222. The van der Waals surface area contributed by atoms with E-state index in [1.165, 1.54) is 7.11 Å². The third kappa shape index (κ3) is 10.7. The summed E-state index contributed by atoms with van der Waals surface area (Å²) in [6.07, 6.45) is -0.559. The molecule has 0 bridgehead atoms. The molecule has 0 unspecified atom stereocenters. The molecule has 1 amide bonds. The van der Waals surface area contributed by atoms with Crippen LogP contribution in [-0.4, -0.2) is 57.1 Å². The minimum atomic E-state index is -2.22. The van der Waals surface area contributed by atoms with Gasteiger partial charge in [0.1, 0.15) is 5.60 Å². The molecule has 0 saturated carbocycles. The van der Waals surface area contributed by atoms with Crippen LogP contribution in [0.4, 0.5) is 10.5 Å². The lowest BCUT2D eigenvalue weighted by Gasteiger charge is -2.41. The van der Waals surface area contributed by atoms with E-state index in [9.17, 15) is 9.59 Å². The van der Waals surface area contributed by atoms with Gasteiger partial charge in [-0.3, -0.25) is 4.79 Å². The first-order valence-electron chi connectivity index (χ1n) is 14.2. The SMILES string of the molecule is COC(=O)Cc1ccc(NC[C@@H](C)N(C[C@H](O[Si](C)(C)C(C)(C)C)c2cccc(Cl)c2)C(=O)OC(C)(C)C)cc1C. The number of carbonyl (C=O) groups is 2. The van der Waals surface area contributed by atoms with E-state index in [1.54, 1.807) is 4.90 Å². The first-order chi connectivity index (χ1) is 18.8. The Balaban J connectivity index is 2.36. The molecule has 2 rings (SSSR count). The van der Waals surface area contributed by atoms with Crippen molar-refractivity contribution >= 4 is 37.7 Å². The van der Waals surface area contributed by atoms with Crippen molar-refractivity contribution in [1.29, 1.82) is 0 Å². The summed E-state index contributed by atoms with van der Waals surface area (Å²) in [6.45, 7) is 21.4. The molecule has 0 spiro atoms. The molecule has 0 heterocycles. The number of nitrogens with zero attached hydrogens (tertiary/aromatic N) is 1. The number of ether oxygens (including phenoxy) is 2. The second-order valence-electron chi connectivity index (χ2n) is 13.2. The highest BCUT2D eigenvalue weighted by Gasteiger charge is 2.41. The molecule has 7 nitrogen and oxygen atoms in total. The molecule has 0 radical (unpaired) electrons. The summed E-state index contributed by atoms with van der Waals surface area (Å²) in [7, 11) is -0.831. The summed E-state index contributed by atoms with van der Waals surface area (Å²) < 4.78 is 17.6. The first kappa shape index (κ1) is 34.6. The molecule has 1 N–H and O–H groups in total. The molecule has 0 saturated heterocycles. The van der Waals surface area contributed by atoms with Crippen LogP contribution in [0.1, 0.15) is 71.3 Å². The van der Waals surface area contributed by atoms with Crippen molar-refractivity contribution in [3.8, 4) is 0 Å². The highest BCUT2D eigenvalue weighted by molar-refractivity contribution is 6.74. The predicted molar refractivity (Wildman–Crippen MR) is 170 cm³/mol. The number of halogens is 1. The zero-order valence-electron chi connectivity index (χ0n) is 26.7. The van der Waals surface area contributed by atoms with Crippen molar-refractivity contribution in [3.05, 3.63) is 64.2 Å². The Bertz CT molecular complexity index is 1190. The number of methoxy groups -OCH3 is 1. The molecule has 2 aromatic rings. The van der Waals surface area contributed by atoms with Gasteiger partial charge in [0, 0.05) is 23.3 Å². The van der Waals surface area contributed by atoms with Crippen molar-refractivity contribution in [3.63, 3.8) is 0 Å². The van der Waals surface area contributed by atoms with E-state index in [2.05, 4.69) is 39.2 Å². The third-order valence-electron chi connectivity index (χ3n) is 7.49. The summed E-state index contributed by atoms with van der Waals surface area (Å²) in [6, 6.07) is 13.3. The van der Waals surface area contributed by atoms with Crippen molar-refractivity contribution in [1.82, 2.24) is 4.90 Å². The van der Waals surface area contributed by atoms with Gasteiger partial charge in [-0.25, -0.2) is 4.79 Å². The Kier molecular flexibility index (Phi) is 11.9. The molecule has 0 fully saturated rings. The van der Waals surface area contributed by atoms with Gasteiger partial charge in [0.05, 0.1) is 26.2 Å². The van der Waals surface area contributed by atoms with E-state index in [0.717, 1.165) is 22.4 Å². The lowest BCUT2D eigenvalue weighted by atomic mass is 10.0. The number of amides is 1. The van der Waals surface area contributed by atoms with E-state index >= 15 is 0 Å². The van der Waals surface area contributed by atoms with E-state index in [4.69, 9.17) is 25.5 Å². The van der Waals surface area contributed by atoms with Gasteiger partial charge in [-0.05, 0) is 93.7 Å². The first-order valence-corrected chi connectivity index (χ1v) is 17.4. The molecule has 2 aromatic carbocycles. The van der Waals surface area contributed by atoms with Crippen LogP contribution in [0.25, 0.3) is 0 Å². The Labute approximate surface area is 253 Å². The molecule has 0 aromatic heterocycles. The smallest absolute Gasteiger partial charge is 0.410 e. The lowest BCUT2D eigenvalue weighted by molar-refractivity contribution is -0.139. The van der Waals surface area contributed by atoms with Crippen LogP contribution in [0.5, 0.6) is 0 Å². The standard InChI is InChI=1S/C32H49ClN2O5Si/c1-22-17-27(16-15-24(22)19-29(36)38-9)34-20-23(2)35(30(37)39-31(3,4)5)21-28(25-13-12-14-26(33)18-25)40-41(10,11)32(6,7)8/h12-18,23,28,34H,19-21H2,1-11H3/t23-,28+/m1/s1. The maximum absolute atomic E-state index is 13.6. The van der Waals surface area contributed by atoms with Crippen molar-refractivity contribution in [2.75, 3.05) is 25.5 Å². The fourth-order valence-corrected chi connectivity index (χ4v) is 5.47. The monoisotopic (exact) mass is 604 g/mol. The number of esters is 1. The van der Waals surface area contributed by atoms with Gasteiger partial charge in [-0.2, -0.15) is 0 Å². The van der Waals surface area contributed by atoms with Gasteiger partial charge in [0.2, 0.25) is 0 Å². The zero-order valence-corrected chi connectivity index (χ0v) is 28.4. The largest absolute Gasteiger partial charge is 0.469 e. The maximum Gasteiger partial charge on any atom is 0.410 e.